The summed E-state index contributed by atoms with van der Waals surface area (Å²) in [5.74, 6) is -1.31. The largest absolute Gasteiger partial charge is 0.480 e. The summed E-state index contributed by atoms with van der Waals surface area (Å²) in [6.07, 6.45) is 1.21. The lowest BCUT2D eigenvalue weighted by atomic mass is 9.98. The number of carboxylic acids is 1. The zero-order valence-corrected chi connectivity index (χ0v) is 10.3. The van der Waals surface area contributed by atoms with E-state index < -0.39 is 24.0 Å². The smallest absolute Gasteiger partial charge is 0.323 e. The van der Waals surface area contributed by atoms with Crippen molar-refractivity contribution in [3.05, 3.63) is 0 Å². The third-order valence-corrected chi connectivity index (χ3v) is 2.76. The van der Waals surface area contributed by atoms with Crippen LogP contribution in [0.3, 0.4) is 0 Å². The molecule has 0 spiro atoms. The summed E-state index contributed by atoms with van der Waals surface area (Å²) in [7, 11) is 1.31. The molecule has 0 aliphatic rings. The summed E-state index contributed by atoms with van der Waals surface area (Å²) in [6.45, 7) is 5.60. The quantitative estimate of drug-likeness (QED) is 0.640. The first kappa shape index (κ1) is 14.9. The fraction of sp³-hybridized carbons (Fsp3) is 0.818. The number of carbonyl (C=O) groups excluding carboxylic acids is 1. The molecule has 0 aromatic rings. The van der Waals surface area contributed by atoms with Crippen LogP contribution >= 0.6 is 0 Å². The molecule has 0 fully saturated rings. The molecule has 0 heterocycles. The number of nitrogens with one attached hydrogen (secondary N) is 1. The third-order valence-electron chi connectivity index (χ3n) is 2.76. The number of esters is 1. The van der Waals surface area contributed by atoms with Gasteiger partial charge in [-0.05, 0) is 12.3 Å². The summed E-state index contributed by atoms with van der Waals surface area (Å²) in [5, 5.41) is 11.7. The van der Waals surface area contributed by atoms with E-state index in [4.69, 9.17) is 5.11 Å². The van der Waals surface area contributed by atoms with E-state index in [1.54, 1.807) is 6.92 Å². The van der Waals surface area contributed by atoms with Crippen LogP contribution in [0.2, 0.25) is 0 Å². The summed E-state index contributed by atoms with van der Waals surface area (Å²) in [4.78, 5) is 22.4. The van der Waals surface area contributed by atoms with E-state index in [9.17, 15) is 9.59 Å². The van der Waals surface area contributed by atoms with Gasteiger partial charge in [-0.15, -0.1) is 0 Å². The predicted octanol–water partition coefficient (Wildman–Crippen LogP) is 1.03. The number of ether oxygens (including phenoxy) is 1. The van der Waals surface area contributed by atoms with Crippen LogP contribution in [0.25, 0.3) is 0 Å². The molecule has 3 unspecified atom stereocenters. The fourth-order valence-corrected chi connectivity index (χ4v) is 1.41. The molecule has 0 saturated carbocycles. The second-order valence-electron chi connectivity index (χ2n) is 3.85. The van der Waals surface area contributed by atoms with Crippen molar-refractivity contribution in [2.24, 2.45) is 5.92 Å². The SMILES string of the molecule is CCC(NC(C(=O)OC)C(C)CC)C(=O)O. The van der Waals surface area contributed by atoms with E-state index in [1.807, 2.05) is 13.8 Å². The van der Waals surface area contributed by atoms with Gasteiger partial charge in [0.25, 0.3) is 0 Å². The molecule has 0 saturated heterocycles. The Balaban J connectivity index is 4.64. The minimum atomic E-state index is -0.945. The maximum absolute atomic E-state index is 11.5. The Kier molecular flexibility index (Phi) is 6.72. The van der Waals surface area contributed by atoms with Gasteiger partial charge in [0.05, 0.1) is 7.11 Å². The lowest BCUT2D eigenvalue weighted by Gasteiger charge is -2.25. The van der Waals surface area contributed by atoms with Crippen LogP contribution in [0, 0.1) is 5.92 Å². The van der Waals surface area contributed by atoms with Crippen molar-refractivity contribution in [3.63, 3.8) is 0 Å². The van der Waals surface area contributed by atoms with Gasteiger partial charge in [0.2, 0.25) is 0 Å². The van der Waals surface area contributed by atoms with Crippen LogP contribution in [0.1, 0.15) is 33.6 Å². The number of aliphatic carboxylic acids is 1. The lowest BCUT2D eigenvalue weighted by Crippen LogP contribution is -2.50. The highest BCUT2D eigenvalue weighted by Crippen LogP contribution is 2.11. The van der Waals surface area contributed by atoms with Crippen LogP contribution in [0.15, 0.2) is 0 Å². The van der Waals surface area contributed by atoms with E-state index in [0.717, 1.165) is 6.42 Å². The van der Waals surface area contributed by atoms with Gasteiger partial charge in [-0.2, -0.15) is 0 Å². The fourth-order valence-electron chi connectivity index (χ4n) is 1.41. The Hall–Kier alpha value is -1.10. The zero-order chi connectivity index (χ0) is 12.7. The van der Waals surface area contributed by atoms with E-state index in [1.165, 1.54) is 7.11 Å². The molecule has 2 N–H and O–H groups in total. The summed E-state index contributed by atoms with van der Waals surface area (Å²) >= 11 is 0. The molecule has 5 nitrogen and oxygen atoms in total. The van der Waals surface area contributed by atoms with Gasteiger partial charge in [-0.1, -0.05) is 27.2 Å². The number of hydrogen-bond acceptors (Lipinski definition) is 4. The Morgan fingerprint density at radius 2 is 1.88 bits per heavy atom. The van der Waals surface area contributed by atoms with Crippen molar-refractivity contribution in [3.8, 4) is 0 Å². The van der Waals surface area contributed by atoms with Gasteiger partial charge in [-0.3, -0.25) is 14.9 Å². The van der Waals surface area contributed by atoms with Crippen molar-refractivity contribution < 1.29 is 19.4 Å². The summed E-state index contributed by atoms with van der Waals surface area (Å²) < 4.78 is 4.67. The minimum absolute atomic E-state index is 0.0425. The summed E-state index contributed by atoms with van der Waals surface area (Å²) in [5.41, 5.74) is 0. The number of rotatable bonds is 7. The van der Waals surface area contributed by atoms with Crippen LogP contribution in [0.5, 0.6) is 0 Å². The average molecular weight is 231 g/mol. The molecule has 0 rings (SSSR count). The number of carboxylic acid groups (broad SMARTS) is 1. The van der Waals surface area contributed by atoms with Gasteiger partial charge in [0.15, 0.2) is 0 Å². The Bertz CT molecular complexity index is 242. The number of carbonyl (C=O) groups is 2. The lowest BCUT2D eigenvalue weighted by molar-refractivity contribution is -0.146. The molecule has 0 radical (unpaired) electrons. The Labute approximate surface area is 96.2 Å². The molecule has 0 aliphatic heterocycles. The van der Waals surface area contributed by atoms with E-state index in [2.05, 4.69) is 10.1 Å². The number of hydrogen-bond donors (Lipinski definition) is 2. The molecule has 94 valence electrons. The van der Waals surface area contributed by atoms with Crippen molar-refractivity contribution in [1.82, 2.24) is 5.32 Å². The third kappa shape index (κ3) is 4.18. The first-order valence-electron chi connectivity index (χ1n) is 5.54. The highest BCUT2D eigenvalue weighted by Gasteiger charge is 2.29. The van der Waals surface area contributed by atoms with Gasteiger partial charge in [0.1, 0.15) is 12.1 Å². The maximum Gasteiger partial charge on any atom is 0.323 e. The zero-order valence-electron chi connectivity index (χ0n) is 10.3. The monoisotopic (exact) mass is 231 g/mol. The van der Waals surface area contributed by atoms with E-state index in [-0.39, 0.29) is 5.92 Å². The highest BCUT2D eigenvalue weighted by molar-refractivity contribution is 5.78. The summed E-state index contributed by atoms with van der Waals surface area (Å²) in [6, 6.07) is -1.27. The van der Waals surface area contributed by atoms with Gasteiger partial charge in [0, 0.05) is 0 Å². The molecular formula is C11H21NO4. The van der Waals surface area contributed by atoms with Crippen molar-refractivity contribution in [2.75, 3.05) is 7.11 Å². The molecule has 3 atom stereocenters. The molecular weight excluding hydrogens is 210 g/mol. The molecule has 16 heavy (non-hydrogen) atoms. The minimum Gasteiger partial charge on any atom is -0.480 e. The maximum atomic E-state index is 11.5. The molecule has 0 amide bonds. The van der Waals surface area contributed by atoms with Crippen LogP contribution in [-0.4, -0.2) is 36.2 Å². The Morgan fingerprint density at radius 3 is 2.19 bits per heavy atom. The first-order valence-corrected chi connectivity index (χ1v) is 5.54. The van der Waals surface area contributed by atoms with Gasteiger partial charge in [-0.25, -0.2) is 0 Å². The highest BCUT2D eigenvalue weighted by atomic mass is 16.5. The standard InChI is InChI=1S/C11H21NO4/c1-5-7(3)9(11(15)16-4)12-8(6-2)10(13)14/h7-9,12H,5-6H2,1-4H3,(H,13,14). The van der Waals surface area contributed by atoms with E-state index >= 15 is 0 Å². The molecule has 0 aliphatic carbocycles. The first-order chi connectivity index (χ1) is 7.47. The van der Waals surface area contributed by atoms with Crippen molar-refractivity contribution >= 4 is 11.9 Å². The normalized spacial score (nSPS) is 16.2. The van der Waals surface area contributed by atoms with Crippen LogP contribution in [-0.2, 0) is 14.3 Å². The van der Waals surface area contributed by atoms with Crippen molar-refractivity contribution in [2.45, 2.75) is 45.7 Å². The van der Waals surface area contributed by atoms with E-state index in [0.29, 0.717) is 6.42 Å². The van der Waals surface area contributed by atoms with Gasteiger partial charge >= 0.3 is 11.9 Å². The molecule has 0 bridgehead atoms. The number of methoxy groups -OCH3 is 1. The average Bonchev–Trinajstić information content (AvgIpc) is 2.28. The molecule has 5 heteroatoms. The topological polar surface area (TPSA) is 75.6 Å². The van der Waals surface area contributed by atoms with Gasteiger partial charge < -0.3 is 9.84 Å². The predicted molar refractivity (Wildman–Crippen MR) is 60.1 cm³/mol. The Morgan fingerprint density at radius 1 is 1.31 bits per heavy atom. The second-order valence-corrected chi connectivity index (χ2v) is 3.85. The van der Waals surface area contributed by atoms with Crippen LogP contribution in [0.4, 0.5) is 0 Å². The van der Waals surface area contributed by atoms with Crippen molar-refractivity contribution in [1.29, 1.82) is 0 Å². The molecule has 0 aromatic heterocycles. The molecule has 0 aromatic carbocycles. The van der Waals surface area contributed by atoms with Crippen LogP contribution < -0.4 is 5.32 Å². The second kappa shape index (κ2) is 7.22.